The lowest BCUT2D eigenvalue weighted by molar-refractivity contribution is -0.149. The molecule has 0 spiro atoms. The fourth-order valence-electron chi connectivity index (χ4n) is 2.27. The predicted molar refractivity (Wildman–Crippen MR) is 65.5 cm³/mol. The molecule has 1 rings (SSSR count). The third-order valence-electron chi connectivity index (χ3n) is 3.55. The third-order valence-corrected chi connectivity index (χ3v) is 3.55. The molecule has 1 aliphatic carbocycles. The van der Waals surface area contributed by atoms with Gasteiger partial charge in [0.2, 0.25) is 0 Å². The minimum atomic E-state index is -0.649. The Bertz CT molecular complexity index is 238. The van der Waals surface area contributed by atoms with E-state index < -0.39 is 11.4 Å². The van der Waals surface area contributed by atoms with Crippen molar-refractivity contribution in [1.29, 1.82) is 0 Å². The van der Waals surface area contributed by atoms with Gasteiger partial charge >= 0.3 is 5.97 Å². The molecule has 0 bridgehead atoms. The van der Waals surface area contributed by atoms with Crippen molar-refractivity contribution in [3.8, 4) is 0 Å². The molecule has 1 aliphatic rings. The van der Waals surface area contributed by atoms with Gasteiger partial charge in [0.1, 0.15) is 0 Å². The van der Waals surface area contributed by atoms with Crippen LogP contribution in [-0.2, 0) is 4.79 Å². The average Bonchev–Trinajstić information content (AvgIpc) is 3.01. The summed E-state index contributed by atoms with van der Waals surface area (Å²) in [4.78, 5) is 13.6. The largest absolute Gasteiger partial charge is 0.481 e. The zero-order valence-corrected chi connectivity index (χ0v) is 10.8. The molecule has 0 heterocycles. The van der Waals surface area contributed by atoms with Gasteiger partial charge in [0.25, 0.3) is 0 Å². The molecule has 1 atom stereocenters. The Morgan fingerprint density at radius 3 is 2.44 bits per heavy atom. The van der Waals surface area contributed by atoms with Crippen molar-refractivity contribution in [3.63, 3.8) is 0 Å². The Balaban J connectivity index is 2.52. The van der Waals surface area contributed by atoms with Crippen molar-refractivity contribution >= 4 is 5.97 Å². The van der Waals surface area contributed by atoms with Crippen LogP contribution in [0.15, 0.2) is 0 Å². The van der Waals surface area contributed by atoms with Crippen LogP contribution in [0.1, 0.15) is 46.5 Å². The fraction of sp³-hybridized carbons (Fsp3) is 0.923. The van der Waals surface area contributed by atoms with Gasteiger partial charge in [-0.2, -0.15) is 0 Å². The molecule has 1 saturated carbocycles. The Kier molecular flexibility index (Phi) is 4.78. The number of aliphatic carboxylic acids is 1. The second-order valence-corrected chi connectivity index (χ2v) is 5.39. The first-order chi connectivity index (χ1) is 7.51. The lowest BCUT2D eigenvalue weighted by Crippen LogP contribution is -2.42. The Labute approximate surface area is 98.8 Å². The minimum Gasteiger partial charge on any atom is -0.481 e. The summed E-state index contributed by atoms with van der Waals surface area (Å²) in [5.74, 6) is 0.184. The molecular weight excluding hydrogens is 202 g/mol. The summed E-state index contributed by atoms with van der Waals surface area (Å²) in [6.07, 6.45) is 4.36. The summed E-state index contributed by atoms with van der Waals surface area (Å²) in [7, 11) is 0. The molecule has 3 heteroatoms. The van der Waals surface area contributed by atoms with Crippen LogP contribution in [0.5, 0.6) is 0 Å². The minimum absolute atomic E-state index is 0.570. The van der Waals surface area contributed by atoms with Crippen molar-refractivity contribution in [1.82, 2.24) is 4.90 Å². The lowest BCUT2D eigenvalue weighted by atomic mass is 9.85. The van der Waals surface area contributed by atoms with E-state index in [1.807, 2.05) is 6.92 Å². The first-order valence-corrected chi connectivity index (χ1v) is 6.47. The van der Waals surface area contributed by atoms with Crippen LogP contribution < -0.4 is 0 Å². The number of carbonyl (C=O) groups is 1. The molecule has 0 aliphatic heterocycles. The molecule has 1 N–H and O–H groups in total. The molecule has 0 aromatic rings. The third kappa shape index (κ3) is 3.78. The van der Waals surface area contributed by atoms with Crippen molar-refractivity contribution in [2.75, 3.05) is 19.6 Å². The van der Waals surface area contributed by atoms with E-state index in [9.17, 15) is 9.90 Å². The quantitative estimate of drug-likeness (QED) is 0.693. The van der Waals surface area contributed by atoms with Gasteiger partial charge in [0.15, 0.2) is 0 Å². The molecule has 0 aromatic heterocycles. The van der Waals surface area contributed by atoms with E-state index in [1.54, 1.807) is 0 Å². The lowest BCUT2D eigenvalue weighted by Gasteiger charge is -2.31. The van der Waals surface area contributed by atoms with Crippen LogP contribution in [0.2, 0.25) is 0 Å². The summed E-state index contributed by atoms with van der Waals surface area (Å²) in [5.41, 5.74) is -0.570. The SMILES string of the molecule is CCCC(C)(CN(CC)CC1CC1)C(=O)O. The van der Waals surface area contributed by atoms with Gasteiger partial charge in [-0.05, 0) is 38.6 Å². The zero-order chi connectivity index (χ0) is 12.2. The number of carboxylic acid groups (broad SMARTS) is 1. The van der Waals surface area contributed by atoms with Crippen LogP contribution >= 0.6 is 0 Å². The van der Waals surface area contributed by atoms with Crippen molar-refractivity contribution in [2.24, 2.45) is 11.3 Å². The van der Waals surface area contributed by atoms with E-state index in [0.29, 0.717) is 6.54 Å². The van der Waals surface area contributed by atoms with E-state index in [-0.39, 0.29) is 0 Å². The molecule has 94 valence electrons. The average molecular weight is 227 g/mol. The number of hydrogen-bond acceptors (Lipinski definition) is 2. The van der Waals surface area contributed by atoms with Crippen LogP contribution in [0, 0.1) is 11.3 Å². The van der Waals surface area contributed by atoms with Gasteiger partial charge in [-0.25, -0.2) is 0 Å². The summed E-state index contributed by atoms with van der Waals surface area (Å²) in [6.45, 7) is 8.80. The maximum atomic E-state index is 11.3. The number of rotatable bonds is 8. The number of hydrogen-bond donors (Lipinski definition) is 1. The Morgan fingerprint density at radius 1 is 1.44 bits per heavy atom. The Morgan fingerprint density at radius 2 is 2.06 bits per heavy atom. The van der Waals surface area contributed by atoms with E-state index in [2.05, 4.69) is 18.7 Å². The maximum absolute atomic E-state index is 11.3. The highest BCUT2D eigenvalue weighted by molar-refractivity contribution is 5.74. The second-order valence-electron chi connectivity index (χ2n) is 5.39. The molecule has 16 heavy (non-hydrogen) atoms. The van der Waals surface area contributed by atoms with Gasteiger partial charge in [0, 0.05) is 13.1 Å². The summed E-state index contributed by atoms with van der Waals surface area (Å²) in [5, 5.41) is 9.33. The molecule has 0 radical (unpaired) electrons. The van der Waals surface area contributed by atoms with Crippen molar-refractivity contribution in [2.45, 2.75) is 46.5 Å². The normalized spacial score (nSPS) is 19.8. The van der Waals surface area contributed by atoms with E-state index in [4.69, 9.17) is 0 Å². The second kappa shape index (κ2) is 5.67. The monoisotopic (exact) mass is 227 g/mol. The van der Waals surface area contributed by atoms with Crippen LogP contribution in [-0.4, -0.2) is 35.6 Å². The maximum Gasteiger partial charge on any atom is 0.310 e. The Hall–Kier alpha value is -0.570. The van der Waals surface area contributed by atoms with Gasteiger partial charge in [0.05, 0.1) is 5.41 Å². The highest BCUT2D eigenvalue weighted by atomic mass is 16.4. The molecule has 3 nitrogen and oxygen atoms in total. The predicted octanol–water partition coefficient (Wildman–Crippen LogP) is 2.61. The first kappa shape index (κ1) is 13.5. The van der Waals surface area contributed by atoms with Crippen LogP contribution in [0.3, 0.4) is 0 Å². The van der Waals surface area contributed by atoms with E-state index >= 15 is 0 Å². The van der Waals surface area contributed by atoms with Gasteiger partial charge in [-0.3, -0.25) is 4.79 Å². The zero-order valence-electron chi connectivity index (χ0n) is 10.8. The molecule has 0 amide bonds. The van der Waals surface area contributed by atoms with E-state index in [1.165, 1.54) is 12.8 Å². The first-order valence-electron chi connectivity index (χ1n) is 6.47. The van der Waals surface area contributed by atoms with Crippen LogP contribution in [0.4, 0.5) is 0 Å². The topological polar surface area (TPSA) is 40.5 Å². The summed E-state index contributed by atoms with van der Waals surface area (Å²) < 4.78 is 0. The van der Waals surface area contributed by atoms with Gasteiger partial charge in [-0.15, -0.1) is 0 Å². The number of carboxylic acids is 1. The molecule has 0 saturated heterocycles. The summed E-state index contributed by atoms with van der Waals surface area (Å²) in [6, 6.07) is 0. The molecule has 0 aromatic carbocycles. The fourth-order valence-corrected chi connectivity index (χ4v) is 2.27. The standard InChI is InChI=1S/C13H25NO2/c1-4-8-13(3,12(15)16)10-14(5-2)9-11-6-7-11/h11H,4-10H2,1-3H3,(H,15,16). The highest BCUT2D eigenvalue weighted by Gasteiger charge is 2.35. The summed E-state index contributed by atoms with van der Waals surface area (Å²) >= 11 is 0. The number of nitrogens with zero attached hydrogens (tertiary/aromatic N) is 1. The van der Waals surface area contributed by atoms with Crippen LogP contribution in [0.25, 0.3) is 0 Å². The van der Waals surface area contributed by atoms with Crippen molar-refractivity contribution in [3.05, 3.63) is 0 Å². The smallest absolute Gasteiger partial charge is 0.310 e. The molecule has 1 unspecified atom stereocenters. The van der Waals surface area contributed by atoms with Crippen molar-refractivity contribution < 1.29 is 9.90 Å². The van der Waals surface area contributed by atoms with Gasteiger partial charge < -0.3 is 10.0 Å². The molecular formula is C13H25NO2. The highest BCUT2D eigenvalue weighted by Crippen LogP contribution is 2.32. The van der Waals surface area contributed by atoms with E-state index in [0.717, 1.165) is 31.8 Å². The molecule has 1 fully saturated rings. The van der Waals surface area contributed by atoms with Gasteiger partial charge in [-0.1, -0.05) is 20.3 Å².